The molecule has 1 saturated heterocycles. The van der Waals surface area contributed by atoms with Crippen LogP contribution in [0.2, 0.25) is 0 Å². The monoisotopic (exact) mass is 293 g/mol. The summed E-state index contributed by atoms with van der Waals surface area (Å²) in [4.78, 5) is 1.39. The molecule has 2 nitrogen and oxygen atoms in total. The summed E-state index contributed by atoms with van der Waals surface area (Å²) in [5.74, 6) is 2.05. The smallest absolute Gasteiger partial charge is 0.0468 e. The molecule has 1 aliphatic rings. The number of nitrogens with one attached hydrogen (secondary N) is 1. The lowest BCUT2D eigenvalue weighted by molar-refractivity contribution is 0.0728. The van der Waals surface area contributed by atoms with E-state index in [4.69, 9.17) is 4.74 Å². The molecule has 1 N–H and O–H groups in total. The van der Waals surface area contributed by atoms with Crippen molar-refractivity contribution in [1.82, 2.24) is 5.32 Å². The Morgan fingerprint density at radius 1 is 1.25 bits per heavy atom. The number of hydrogen-bond acceptors (Lipinski definition) is 3. The van der Waals surface area contributed by atoms with E-state index in [-0.39, 0.29) is 5.54 Å². The highest BCUT2D eigenvalue weighted by atomic mass is 32.2. The van der Waals surface area contributed by atoms with Crippen LogP contribution in [0.5, 0.6) is 0 Å². The first-order valence-electron chi connectivity index (χ1n) is 7.57. The third kappa shape index (κ3) is 5.86. The van der Waals surface area contributed by atoms with Crippen LogP contribution in [-0.4, -0.2) is 24.5 Å². The normalized spacial score (nSPS) is 17.4. The SMILES string of the molecule is CC(C)(C)NCc1cccc(SCC2CCOCC2)c1. The molecular weight excluding hydrogens is 266 g/mol. The summed E-state index contributed by atoms with van der Waals surface area (Å²) in [6, 6.07) is 8.93. The predicted octanol–water partition coefficient (Wildman–Crippen LogP) is 4.09. The molecule has 0 amide bonds. The van der Waals surface area contributed by atoms with Crippen LogP contribution in [0.15, 0.2) is 29.2 Å². The van der Waals surface area contributed by atoms with Crippen LogP contribution in [-0.2, 0) is 11.3 Å². The van der Waals surface area contributed by atoms with Gasteiger partial charge in [-0.3, -0.25) is 0 Å². The Labute approximate surface area is 127 Å². The van der Waals surface area contributed by atoms with Gasteiger partial charge in [0.25, 0.3) is 0 Å². The third-order valence-electron chi connectivity index (χ3n) is 3.55. The van der Waals surface area contributed by atoms with Gasteiger partial charge in [-0.1, -0.05) is 12.1 Å². The molecule has 112 valence electrons. The first kappa shape index (κ1) is 15.9. The summed E-state index contributed by atoms with van der Waals surface area (Å²) in [6.45, 7) is 9.45. The van der Waals surface area contributed by atoms with Gasteiger partial charge in [0.2, 0.25) is 0 Å². The van der Waals surface area contributed by atoms with E-state index < -0.39 is 0 Å². The van der Waals surface area contributed by atoms with Crippen LogP contribution < -0.4 is 5.32 Å². The Balaban J connectivity index is 1.82. The van der Waals surface area contributed by atoms with Crippen LogP contribution in [0.4, 0.5) is 0 Å². The molecule has 0 spiro atoms. The van der Waals surface area contributed by atoms with Gasteiger partial charge in [0.05, 0.1) is 0 Å². The van der Waals surface area contributed by atoms with Crippen LogP contribution in [0.3, 0.4) is 0 Å². The number of rotatable bonds is 5. The quantitative estimate of drug-likeness (QED) is 0.826. The van der Waals surface area contributed by atoms with E-state index in [1.165, 1.54) is 29.1 Å². The maximum atomic E-state index is 5.42. The first-order chi connectivity index (χ1) is 9.53. The van der Waals surface area contributed by atoms with Gasteiger partial charge in [-0.25, -0.2) is 0 Å². The number of thioether (sulfide) groups is 1. The number of benzene rings is 1. The summed E-state index contributed by atoms with van der Waals surface area (Å²) in [5.41, 5.74) is 1.54. The van der Waals surface area contributed by atoms with Crippen molar-refractivity contribution in [2.45, 2.75) is 50.6 Å². The largest absolute Gasteiger partial charge is 0.381 e. The zero-order chi connectivity index (χ0) is 14.4. The van der Waals surface area contributed by atoms with E-state index in [1.807, 2.05) is 11.8 Å². The fourth-order valence-corrected chi connectivity index (χ4v) is 3.41. The van der Waals surface area contributed by atoms with E-state index in [2.05, 4.69) is 50.4 Å². The number of hydrogen-bond donors (Lipinski definition) is 1. The second-order valence-electron chi connectivity index (χ2n) is 6.62. The van der Waals surface area contributed by atoms with E-state index in [0.717, 1.165) is 25.7 Å². The Hall–Kier alpha value is -0.510. The molecule has 3 heteroatoms. The topological polar surface area (TPSA) is 21.3 Å². The summed E-state index contributed by atoms with van der Waals surface area (Å²) in [5, 5.41) is 3.55. The van der Waals surface area contributed by atoms with Gasteiger partial charge in [0, 0.05) is 35.9 Å². The molecule has 0 aliphatic carbocycles. The molecule has 20 heavy (non-hydrogen) atoms. The van der Waals surface area contributed by atoms with Crippen molar-refractivity contribution in [3.8, 4) is 0 Å². The Kier molecular flexibility index (Phi) is 5.94. The molecule has 2 rings (SSSR count). The molecule has 0 atom stereocenters. The number of ether oxygens (including phenoxy) is 1. The summed E-state index contributed by atoms with van der Waals surface area (Å²) in [6.07, 6.45) is 2.44. The van der Waals surface area contributed by atoms with Gasteiger partial charge in [-0.15, -0.1) is 11.8 Å². The van der Waals surface area contributed by atoms with Crippen molar-refractivity contribution in [2.75, 3.05) is 19.0 Å². The summed E-state index contributed by atoms with van der Waals surface area (Å²) in [7, 11) is 0. The fraction of sp³-hybridized carbons (Fsp3) is 0.647. The lowest BCUT2D eigenvalue weighted by Gasteiger charge is -2.22. The van der Waals surface area contributed by atoms with E-state index in [9.17, 15) is 0 Å². The fourth-order valence-electron chi connectivity index (χ4n) is 2.24. The van der Waals surface area contributed by atoms with Gasteiger partial charge < -0.3 is 10.1 Å². The van der Waals surface area contributed by atoms with Gasteiger partial charge in [0.1, 0.15) is 0 Å². The Morgan fingerprint density at radius 3 is 2.70 bits per heavy atom. The second kappa shape index (κ2) is 7.48. The molecule has 0 aromatic heterocycles. The molecule has 1 aliphatic heterocycles. The first-order valence-corrected chi connectivity index (χ1v) is 8.56. The zero-order valence-electron chi connectivity index (χ0n) is 12.9. The van der Waals surface area contributed by atoms with E-state index >= 15 is 0 Å². The van der Waals surface area contributed by atoms with Gasteiger partial charge >= 0.3 is 0 Å². The second-order valence-corrected chi connectivity index (χ2v) is 7.71. The minimum absolute atomic E-state index is 0.172. The lowest BCUT2D eigenvalue weighted by Crippen LogP contribution is -2.35. The van der Waals surface area contributed by atoms with Crippen LogP contribution in [0.25, 0.3) is 0 Å². The highest BCUT2D eigenvalue weighted by Gasteiger charge is 2.14. The van der Waals surface area contributed by atoms with Crippen molar-refractivity contribution in [3.05, 3.63) is 29.8 Å². The average molecular weight is 293 g/mol. The maximum absolute atomic E-state index is 5.42. The van der Waals surface area contributed by atoms with Crippen LogP contribution >= 0.6 is 11.8 Å². The van der Waals surface area contributed by atoms with Crippen molar-refractivity contribution in [2.24, 2.45) is 5.92 Å². The van der Waals surface area contributed by atoms with Crippen molar-refractivity contribution >= 4 is 11.8 Å². The molecule has 0 unspecified atom stereocenters. The molecule has 0 saturated carbocycles. The van der Waals surface area contributed by atoms with Crippen LogP contribution in [0.1, 0.15) is 39.2 Å². The Bertz CT molecular complexity index is 408. The maximum Gasteiger partial charge on any atom is 0.0468 e. The van der Waals surface area contributed by atoms with E-state index in [0.29, 0.717) is 0 Å². The average Bonchev–Trinajstić information content (AvgIpc) is 2.44. The Morgan fingerprint density at radius 2 is 2.00 bits per heavy atom. The predicted molar refractivity (Wildman–Crippen MR) is 87.3 cm³/mol. The molecular formula is C17H27NOS. The molecule has 0 radical (unpaired) electrons. The van der Waals surface area contributed by atoms with Gasteiger partial charge in [0.15, 0.2) is 0 Å². The highest BCUT2D eigenvalue weighted by Crippen LogP contribution is 2.26. The van der Waals surface area contributed by atoms with Gasteiger partial charge in [-0.05, 0) is 57.2 Å². The molecule has 1 aromatic carbocycles. The van der Waals surface area contributed by atoms with Gasteiger partial charge in [-0.2, -0.15) is 0 Å². The van der Waals surface area contributed by atoms with Crippen molar-refractivity contribution in [3.63, 3.8) is 0 Å². The zero-order valence-corrected chi connectivity index (χ0v) is 13.8. The third-order valence-corrected chi connectivity index (χ3v) is 4.77. The standard InChI is InChI=1S/C17H27NOS/c1-17(2,3)18-12-15-5-4-6-16(11-15)20-13-14-7-9-19-10-8-14/h4-6,11,14,18H,7-10,12-13H2,1-3H3. The van der Waals surface area contributed by atoms with Crippen molar-refractivity contribution < 1.29 is 4.74 Å². The van der Waals surface area contributed by atoms with E-state index in [1.54, 1.807) is 0 Å². The minimum atomic E-state index is 0.172. The minimum Gasteiger partial charge on any atom is -0.381 e. The molecule has 0 bridgehead atoms. The highest BCUT2D eigenvalue weighted by molar-refractivity contribution is 7.99. The van der Waals surface area contributed by atoms with Crippen LogP contribution in [0, 0.1) is 5.92 Å². The summed E-state index contributed by atoms with van der Waals surface area (Å²) >= 11 is 1.99. The molecule has 1 heterocycles. The lowest BCUT2D eigenvalue weighted by atomic mass is 10.0. The molecule has 1 fully saturated rings. The molecule has 1 aromatic rings. The summed E-state index contributed by atoms with van der Waals surface area (Å²) < 4.78 is 5.42. The van der Waals surface area contributed by atoms with Crippen molar-refractivity contribution in [1.29, 1.82) is 0 Å².